The molecule has 0 unspecified atom stereocenters. The van der Waals surface area contributed by atoms with E-state index in [0.717, 1.165) is 23.2 Å². The molecule has 2 amide bonds. The Kier molecular flexibility index (Phi) is 4.68. The fraction of sp³-hybridized carbons (Fsp3) is 0.550. The van der Waals surface area contributed by atoms with Gasteiger partial charge in [0.2, 0.25) is 0 Å². The molecule has 1 aromatic rings. The van der Waals surface area contributed by atoms with Crippen LogP contribution in [0.1, 0.15) is 44.7 Å². The van der Waals surface area contributed by atoms with Crippen LogP contribution < -0.4 is 15.5 Å². The molecule has 0 saturated carbocycles. The quantitative estimate of drug-likeness (QED) is 0.777. The number of quaternary nitrogens is 1. The van der Waals surface area contributed by atoms with Gasteiger partial charge >= 0.3 is 6.03 Å². The van der Waals surface area contributed by atoms with Gasteiger partial charge in [-0.1, -0.05) is 30.4 Å². The van der Waals surface area contributed by atoms with E-state index in [2.05, 4.69) is 35.4 Å². The Morgan fingerprint density at radius 1 is 1.29 bits per heavy atom. The Balaban J connectivity index is 1.64. The van der Waals surface area contributed by atoms with Crippen molar-refractivity contribution >= 4 is 11.6 Å². The van der Waals surface area contributed by atoms with E-state index in [-0.39, 0.29) is 6.03 Å². The van der Waals surface area contributed by atoms with Gasteiger partial charge in [0.1, 0.15) is 0 Å². The maximum atomic E-state index is 12.5. The van der Waals surface area contributed by atoms with Gasteiger partial charge in [0.25, 0.3) is 0 Å². The van der Waals surface area contributed by atoms with Crippen LogP contribution in [0.2, 0.25) is 0 Å². The summed E-state index contributed by atoms with van der Waals surface area (Å²) in [5.41, 5.74) is 2.82. The zero-order valence-corrected chi connectivity index (χ0v) is 15.1. The molecule has 3 heterocycles. The lowest BCUT2D eigenvalue weighted by Crippen LogP contribution is -3.17. The van der Waals surface area contributed by atoms with Crippen molar-refractivity contribution in [3.8, 4) is 0 Å². The predicted molar refractivity (Wildman–Crippen MR) is 97.9 cm³/mol. The molecule has 0 radical (unpaired) electrons. The summed E-state index contributed by atoms with van der Waals surface area (Å²) >= 11 is 0. The van der Waals surface area contributed by atoms with Crippen molar-refractivity contribution in [1.29, 1.82) is 0 Å². The standard InChI is InChI=1S/C20H29N3O/c1-14(2)16-6-5-7-17(12-16)20(3,4)22-19(24)21-18-13-23-10-8-15(18)9-11-23/h5-7,12,15,18H,1,8-11,13H2,2-4H3,(H2,21,22,24)/p+1/t18-/m1/s1. The van der Waals surface area contributed by atoms with E-state index in [9.17, 15) is 4.79 Å². The summed E-state index contributed by atoms with van der Waals surface area (Å²) in [4.78, 5) is 14.2. The van der Waals surface area contributed by atoms with Crippen molar-refractivity contribution in [3.05, 3.63) is 42.0 Å². The van der Waals surface area contributed by atoms with Crippen LogP contribution in [0.4, 0.5) is 4.79 Å². The van der Waals surface area contributed by atoms with Gasteiger partial charge in [-0.3, -0.25) is 0 Å². The SMILES string of the molecule is C=C(C)c1cccc(C(C)(C)NC(=O)N[C@@H]2C[NH+]3CCC2CC3)c1. The zero-order chi connectivity index (χ0) is 17.3. The molecule has 1 aromatic carbocycles. The number of hydrogen-bond donors (Lipinski definition) is 3. The van der Waals surface area contributed by atoms with Crippen LogP contribution in [0.3, 0.4) is 0 Å². The molecular weight excluding hydrogens is 298 g/mol. The number of benzene rings is 1. The van der Waals surface area contributed by atoms with Crippen LogP contribution in [-0.2, 0) is 5.54 Å². The Morgan fingerprint density at radius 2 is 2.00 bits per heavy atom. The summed E-state index contributed by atoms with van der Waals surface area (Å²) in [6.07, 6.45) is 2.48. The third-order valence-electron chi connectivity index (χ3n) is 5.63. The van der Waals surface area contributed by atoms with E-state index >= 15 is 0 Å². The van der Waals surface area contributed by atoms with Crippen molar-refractivity contribution in [2.75, 3.05) is 19.6 Å². The van der Waals surface area contributed by atoms with Crippen LogP contribution >= 0.6 is 0 Å². The minimum atomic E-state index is -0.420. The zero-order valence-electron chi connectivity index (χ0n) is 15.1. The molecule has 0 aromatic heterocycles. The van der Waals surface area contributed by atoms with Crippen LogP contribution in [0.5, 0.6) is 0 Å². The number of fused-ring (bicyclic) bond motifs is 3. The second-order valence-corrected chi connectivity index (χ2v) is 7.98. The number of carbonyl (C=O) groups is 1. The number of amides is 2. The highest BCUT2D eigenvalue weighted by atomic mass is 16.2. The van der Waals surface area contributed by atoms with Crippen molar-refractivity contribution in [3.63, 3.8) is 0 Å². The number of carbonyl (C=O) groups excluding carboxylic acids is 1. The number of nitrogens with one attached hydrogen (secondary N) is 3. The molecule has 1 atom stereocenters. The molecule has 24 heavy (non-hydrogen) atoms. The van der Waals surface area contributed by atoms with Crippen molar-refractivity contribution in [2.24, 2.45) is 5.92 Å². The van der Waals surface area contributed by atoms with E-state index in [4.69, 9.17) is 0 Å². The van der Waals surface area contributed by atoms with Crippen molar-refractivity contribution in [1.82, 2.24) is 10.6 Å². The highest BCUT2D eigenvalue weighted by Gasteiger charge is 2.38. The minimum absolute atomic E-state index is 0.0566. The Labute approximate surface area is 145 Å². The first-order valence-electron chi connectivity index (χ1n) is 9.04. The number of allylic oxidation sites excluding steroid dienone is 1. The molecule has 4 nitrogen and oxygen atoms in total. The predicted octanol–water partition coefficient (Wildman–Crippen LogP) is 1.93. The molecule has 0 spiro atoms. The second-order valence-electron chi connectivity index (χ2n) is 7.98. The average molecular weight is 328 g/mol. The average Bonchev–Trinajstić information content (AvgIpc) is 2.55. The van der Waals surface area contributed by atoms with Crippen LogP contribution in [0.15, 0.2) is 30.8 Å². The van der Waals surface area contributed by atoms with Gasteiger partial charge in [0.05, 0.1) is 31.2 Å². The number of hydrogen-bond acceptors (Lipinski definition) is 1. The smallest absolute Gasteiger partial charge is 0.315 e. The van der Waals surface area contributed by atoms with E-state index in [1.54, 1.807) is 4.90 Å². The summed E-state index contributed by atoms with van der Waals surface area (Å²) < 4.78 is 0. The third-order valence-corrected chi connectivity index (χ3v) is 5.63. The minimum Gasteiger partial charge on any atom is -0.333 e. The molecule has 3 saturated heterocycles. The van der Waals surface area contributed by atoms with Crippen LogP contribution in [-0.4, -0.2) is 31.7 Å². The van der Waals surface area contributed by atoms with E-state index < -0.39 is 5.54 Å². The molecule has 0 aliphatic carbocycles. The Hall–Kier alpha value is -1.81. The summed E-state index contributed by atoms with van der Waals surface area (Å²) in [5.74, 6) is 0.656. The monoisotopic (exact) mass is 328 g/mol. The number of rotatable bonds is 4. The highest BCUT2D eigenvalue weighted by Crippen LogP contribution is 2.24. The molecule has 2 bridgehead atoms. The fourth-order valence-corrected chi connectivity index (χ4v) is 4.04. The molecule has 3 aliphatic heterocycles. The van der Waals surface area contributed by atoms with Gasteiger partial charge in [-0.25, -0.2) is 4.79 Å². The summed E-state index contributed by atoms with van der Waals surface area (Å²) in [6.45, 7) is 13.7. The first kappa shape index (κ1) is 17.0. The molecule has 4 rings (SSSR count). The van der Waals surface area contributed by atoms with Gasteiger partial charge in [-0.15, -0.1) is 0 Å². The topological polar surface area (TPSA) is 45.6 Å². The first-order chi connectivity index (χ1) is 11.3. The molecular formula is C20H30N3O+. The molecule has 130 valence electrons. The Morgan fingerprint density at radius 3 is 2.58 bits per heavy atom. The van der Waals surface area contributed by atoms with Crippen molar-refractivity contribution < 1.29 is 9.69 Å². The summed E-state index contributed by atoms with van der Waals surface area (Å²) in [6, 6.07) is 8.51. The highest BCUT2D eigenvalue weighted by molar-refractivity contribution is 5.75. The molecule has 3 aliphatic rings. The van der Waals surface area contributed by atoms with Crippen LogP contribution in [0.25, 0.3) is 5.57 Å². The van der Waals surface area contributed by atoms with E-state index in [0.29, 0.717) is 12.0 Å². The molecule has 4 heteroatoms. The van der Waals surface area contributed by atoms with E-state index in [1.165, 1.54) is 25.9 Å². The largest absolute Gasteiger partial charge is 0.333 e. The summed E-state index contributed by atoms with van der Waals surface area (Å²) in [7, 11) is 0. The Bertz CT molecular complexity index is 630. The second kappa shape index (κ2) is 6.60. The first-order valence-corrected chi connectivity index (χ1v) is 9.04. The van der Waals surface area contributed by atoms with Gasteiger partial charge in [0, 0.05) is 12.8 Å². The van der Waals surface area contributed by atoms with Crippen molar-refractivity contribution in [2.45, 2.75) is 45.2 Å². The van der Waals surface area contributed by atoms with Gasteiger partial charge < -0.3 is 15.5 Å². The lowest BCUT2D eigenvalue weighted by Gasteiger charge is -2.42. The van der Waals surface area contributed by atoms with Gasteiger partial charge in [0.15, 0.2) is 0 Å². The lowest BCUT2D eigenvalue weighted by molar-refractivity contribution is -0.917. The number of piperidine rings is 3. The number of urea groups is 1. The van der Waals surface area contributed by atoms with Gasteiger partial charge in [-0.2, -0.15) is 0 Å². The third kappa shape index (κ3) is 3.64. The normalized spacial score (nSPS) is 26.0. The maximum absolute atomic E-state index is 12.5. The lowest BCUT2D eigenvalue weighted by atomic mass is 9.84. The van der Waals surface area contributed by atoms with E-state index in [1.807, 2.05) is 26.8 Å². The molecule has 3 fully saturated rings. The maximum Gasteiger partial charge on any atom is 0.315 e. The van der Waals surface area contributed by atoms with Gasteiger partial charge in [-0.05, 0) is 43.9 Å². The molecule has 3 N–H and O–H groups in total. The fourth-order valence-electron chi connectivity index (χ4n) is 4.04. The van der Waals surface area contributed by atoms with Crippen LogP contribution in [0, 0.1) is 5.92 Å². The summed E-state index contributed by atoms with van der Waals surface area (Å²) in [5, 5.41) is 6.38.